The molecule has 1 aliphatic rings. The van der Waals surface area contributed by atoms with Crippen molar-refractivity contribution in [3.8, 4) is 5.75 Å². The molecule has 5 nitrogen and oxygen atoms in total. The molecule has 104 valence electrons. The van der Waals surface area contributed by atoms with Gasteiger partial charge in [0.25, 0.3) is 0 Å². The van der Waals surface area contributed by atoms with Crippen molar-refractivity contribution in [2.75, 3.05) is 12.2 Å². The Bertz CT molecular complexity index is 657. The smallest absolute Gasteiger partial charge is 0.203 e. The minimum atomic E-state index is 0.245. The predicted molar refractivity (Wildman–Crippen MR) is 79.8 cm³/mol. The maximum absolute atomic E-state index is 6.08. The van der Waals surface area contributed by atoms with E-state index >= 15 is 0 Å². The molecule has 2 aromatic rings. The van der Waals surface area contributed by atoms with Gasteiger partial charge in [-0.1, -0.05) is 11.6 Å². The van der Waals surface area contributed by atoms with Crippen molar-refractivity contribution in [1.29, 1.82) is 0 Å². The van der Waals surface area contributed by atoms with E-state index in [1.165, 1.54) is 11.3 Å². The zero-order valence-electron chi connectivity index (χ0n) is 10.7. The number of rotatable bonds is 3. The molecule has 1 aromatic heterocycles. The van der Waals surface area contributed by atoms with E-state index in [1.807, 2.05) is 24.4 Å². The van der Waals surface area contributed by atoms with Gasteiger partial charge in [-0.2, -0.15) is 5.10 Å². The molecule has 1 aromatic carbocycles. The molecule has 0 aliphatic carbocycles. The van der Waals surface area contributed by atoms with Gasteiger partial charge >= 0.3 is 0 Å². The number of aryl methyl sites for hydroxylation is 1. The summed E-state index contributed by atoms with van der Waals surface area (Å²) in [6.07, 6.45) is 1.67. The highest BCUT2D eigenvalue weighted by Crippen LogP contribution is 2.30. The number of thiazole rings is 1. The molecule has 0 bridgehead atoms. The Morgan fingerprint density at radius 2 is 2.40 bits per heavy atom. The minimum absolute atomic E-state index is 0.245. The average Bonchev–Trinajstić information content (AvgIpc) is 2.84. The molecule has 1 N–H and O–H groups in total. The maximum Gasteiger partial charge on any atom is 0.203 e. The number of benzene rings is 1. The van der Waals surface area contributed by atoms with Crippen molar-refractivity contribution in [3.63, 3.8) is 0 Å². The van der Waals surface area contributed by atoms with Gasteiger partial charge in [0, 0.05) is 21.5 Å². The predicted octanol–water partition coefficient (Wildman–Crippen LogP) is 3.42. The number of hydrazone groups is 1. The van der Waals surface area contributed by atoms with Gasteiger partial charge in [0.2, 0.25) is 5.13 Å². The van der Waals surface area contributed by atoms with E-state index in [4.69, 9.17) is 21.1 Å². The Balaban J connectivity index is 1.81. The number of anilines is 1. The summed E-state index contributed by atoms with van der Waals surface area (Å²) in [7, 11) is 0. The second-order valence-corrected chi connectivity index (χ2v) is 5.55. The average molecular weight is 310 g/mol. The van der Waals surface area contributed by atoms with Gasteiger partial charge in [-0.3, -0.25) is 5.43 Å². The van der Waals surface area contributed by atoms with Crippen molar-refractivity contribution in [3.05, 3.63) is 39.4 Å². The topological polar surface area (TPSA) is 55.7 Å². The zero-order chi connectivity index (χ0) is 13.9. The Labute approximate surface area is 125 Å². The van der Waals surface area contributed by atoms with Crippen molar-refractivity contribution in [2.45, 2.75) is 13.5 Å². The van der Waals surface area contributed by atoms with Crippen molar-refractivity contribution in [1.82, 2.24) is 4.98 Å². The third-order valence-electron chi connectivity index (χ3n) is 2.69. The third kappa shape index (κ3) is 2.92. The van der Waals surface area contributed by atoms with Gasteiger partial charge in [-0.05, 0) is 19.1 Å². The summed E-state index contributed by atoms with van der Waals surface area (Å²) < 4.78 is 10.7. The number of nitrogens with zero attached hydrogens (tertiary/aromatic N) is 2. The summed E-state index contributed by atoms with van der Waals surface area (Å²) >= 11 is 7.58. The number of halogens is 1. The molecule has 0 atom stereocenters. The molecule has 7 heteroatoms. The van der Waals surface area contributed by atoms with Gasteiger partial charge in [0.15, 0.2) is 6.79 Å². The summed E-state index contributed by atoms with van der Waals surface area (Å²) in [5.74, 6) is 0.765. The molecular formula is C13H12ClN3O2S. The maximum atomic E-state index is 6.08. The minimum Gasteiger partial charge on any atom is -0.466 e. The lowest BCUT2D eigenvalue weighted by Crippen LogP contribution is -2.13. The molecule has 20 heavy (non-hydrogen) atoms. The number of hydrogen-bond donors (Lipinski definition) is 1. The molecule has 0 amide bonds. The third-order valence-corrected chi connectivity index (χ3v) is 3.77. The van der Waals surface area contributed by atoms with E-state index in [0.717, 1.165) is 27.7 Å². The Morgan fingerprint density at radius 3 is 3.20 bits per heavy atom. The molecule has 0 saturated heterocycles. The van der Waals surface area contributed by atoms with Crippen LogP contribution in [-0.4, -0.2) is 18.0 Å². The molecule has 0 fully saturated rings. The Kier molecular flexibility index (Phi) is 3.86. The molecule has 0 radical (unpaired) electrons. The van der Waals surface area contributed by atoms with Gasteiger partial charge in [0.05, 0.1) is 18.5 Å². The summed E-state index contributed by atoms with van der Waals surface area (Å²) in [4.78, 5) is 4.26. The second-order valence-electron chi connectivity index (χ2n) is 4.26. The van der Waals surface area contributed by atoms with Gasteiger partial charge in [0.1, 0.15) is 5.75 Å². The molecule has 3 rings (SSSR count). The first-order valence-corrected chi connectivity index (χ1v) is 7.22. The number of ether oxygens (including phenoxy) is 2. The van der Waals surface area contributed by atoms with Crippen LogP contribution in [0.3, 0.4) is 0 Å². The number of aromatic nitrogens is 1. The summed E-state index contributed by atoms with van der Waals surface area (Å²) in [5, 5.41) is 7.50. The summed E-state index contributed by atoms with van der Waals surface area (Å²) in [6.45, 7) is 2.68. The van der Waals surface area contributed by atoms with Crippen LogP contribution in [0.2, 0.25) is 5.02 Å². The number of fused-ring (bicyclic) bond motifs is 1. The first-order chi connectivity index (χ1) is 9.72. The van der Waals surface area contributed by atoms with Crippen molar-refractivity contribution >= 4 is 34.3 Å². The van der Waals surface area contributed by atoms with E-state index in [2.05, 4.69) is 15.5 Å². The van der Waals surface area contributed by atoms with Crippen LogP contribution in [0.15, 0.2) is 22.6 Å². The monoisotopic (exact) mass is 309 g/mol. The van der Waals surface area contributed by atoms with Crippen LogP contribution < -0.4 is 10.2 Å². The lowest BCUT2D eigenvalue weighted by molar-refractivity contribution is -0.0164. The van der Waals surface area contributed by atoms with Crippen LogP contribution in [0.1, 0.15) is 16.8 Å². The van der Waals surface area contributed by atoms with Crippen LogP contribution in [0.25, 0.3) is 0 Å². The first kappa shape index (κ1) is 13.4. The van der Waals surface area contributed by atoms with Crippen molar-refractivity contribution < 1.29 is 9.47 Å². The van der Waals surface area contributed by atoms with Crippen LogP contribution >= 0.6 is 22.9 Å². The molecule has 2 heterocycles. The lowest BCUT2D eigenvalue weighted by atomic mass is 10.1. The van der Waals surface area contributed by atoms with Gasteiger partial charge in [-0.25, -0.2) is 4.98 Å². The fourth-order valence-corrected chi connectivity index (χ4v) is 2.75. The van der Waals surface area contributed by atoms with E-state index in [-0.39, 0.29) is 6.79 Å². The molecule has 0 saturated carbocycles. The van der Waals surface area contributed by atoms with Crippen LogP contribution in [0.4, 0.5) is 5.13 Å². The van der Waals surface area contributed by atoms with Gasteiger partial charge in [-0.15, -0.1) is 11.3 Å². The highest BCUT2D eigenvalue weighted by molar-refractivity contribution is 7.13. The quantitative estimate of drug-likeness (QED) is 0.697. The van der Waals surface area contributed by atoms with Gasteiger partial charge < -0.3 is 9.47 Å². The second kappa shape index (κ2) is 5.78. The SMILES string of the molecule is Cc1csc(NN=Cc2cc(Cl)cc3c2OCOC3)n1. The highest BCUT2D eigenvalue weighted by atomic mass is 35.5. The Morgan fingerprint density at radius 1 is 1.50 bits per heavy atom. The van der Waals surface area contributed by atoms with E-state index < -0.39 is 0 Å². The fourth-order valence-electron chi connectivity index (χ4n) is 1.87. The van der Waals surface area contributed by atoms with Crippen LogP contribution in [-0.2, 0) is 11.3 Å². The standard InChI is InChI=1S/C13H12ClN3O2S/c1-8-6-20-13(16-8)17-15-4-9-2-11(14)3-10-5-18-7-19-12(9)10/h2-4,6H,5,7H2,1H3,(H,16,17). The highest BCUT2D eigenvalue weighted by Gasteiger charge is 2.15. The molecular weight excluding hydrogens is 298 g/mol. The van der Waals surface area contributed by atoms with Crippen molar-refractivity contribution in [2.24, 2.45) is 5.10 Å². The zero-order valence-corrected chi connectivity index (χ0v) is 12.3. The van der Waals surface area contributed by atoms with Crippen LogP contribution in [0.5, 0.6) is 5.75 Å². The molecule has 1 aliphatic heterocycles. The van der Waals surface area contributed by atoms with Crippen LogP contribution in [0, 0.1) is 6.92 Å². The Hall–Kier alpha value is -1.63. The van der Waals surface area contributed by atoms with E-state index in [9.17, 15) is 0 Å². The normalized spacial score (nSPS) is 14.1. The molecule has 0 spiro atoms. The largest absolute Gasteiger partial charge is 0.466 e. The summed E-state index contributed by atoms with van der Waals surface area (Å²) in [5.41, 5.74) is 5.60. The lowest BCUT2D eigenvalue weighted by Gasteiger charge is -2.19. The van der Waals surface area contributed by atoms with E-state index in [0.29, 0.717) is 11.6 Å². The first-order valence-electron chi connectivity index (χ1n) is 5.96. The number of hydrogen-bond acceptors (Lipinski definition) is 6. The summed E-state index contributed by atoms with van der Waals surface area (Å²) in [6, 6.07) is 3.65. The van der Waals surface area contributed by atoms with E-state index in [1.54, 1.807) is 6.21 Å². The molecule has 0 unspecified atom stereocenters. The fraction of sp³-hybridized carbons (Fsp3) is 0.231. The number of nitrogens with one attached hydrogen (secondary N) is 1.